The van der Waals surface area contributed by atoms with Crippen molar-refractivity contribution < 1.29 is 9.21 Å². The van der Waals surface area contributed by atoms with Gasteiger partial charge in [0.05, 0.1) is 6.26 Å². The number of anilines is 1. The zero-order chi connectivity index (χ0) is 17.4. The molecule has 2 aromatic heterocycles. The summed E-state index contributed by atoms with van der Waals surface area (Å²) in [5.41, 5.74) is 2.26. The quantitative estimate of drug-likeness (QED) is 0.738. The van der Waals surface area contributed by atoms with Crippen molar-refractivity contribution in [3.63, 3.8) is 0 Å². The number of benzene rings is 1. The summed E-state index contributed by atoms with van der Waals surface area (Å²) in [6.07, 6.45) is 2.37. The number of rotatable bonds is 3. The summed E-state index contributed by atoms with van der Waals surface area (Å²) in [4.78, 5) is 26.9. The molecule has 0 saturated heterocycles. The Hall–Kier alpha value is -3.15. The second kappa shape index (κ2) is 6.05. The Labute approximate surface area is 144 Å². The molecule has 0 saturated carbocycles. The number of hydrogen-bond donors (Lipinski definition) is 0. The molecule has 1 amide bonds. The fraction of sp³-hybridized carbons (Fsp3) is 0.211. The minimum atomic E-state index is -0.700. The molecular formula is C19H17N3O3. The van der Waals surface area contributed by atoms with Crippen LogP contribution < -0.4 is 10.5 Å². The minimum Gasteiger partial charge on any atom is -0.463 e. The molecule has 4 rings (SSSR count). The molecule has 1 aromatic carbocycles. The summed E-state index contributed by atoms with van der Waals surface area (Å²) in [6, 6.07) is 13.7. The normalized spacial score (nSPS) is 14.4. The Morgan fingerprint density at radius 2 is 2.00 bits per heavy atom. The molecule has 0 radical (unpaired) electrons. The van der Waals surface area contributed by atoms with Crippen molar-refractivity contribution in [1.82, 2.24) is 9.78 Å². The summed E-state index contributed by atoms with van der Waals surface area (Å²) >= 11 is 0. The molecule has 0 spiro atoms. The first-order valence-electron chi connectivity index (χ1n) is 8.18. The predicted molar refractivity (Wildman–Crippen MR) is 93.4 cm³/mol. The second-order valence-corrected chi connectivity index (χ2v) is 6.02. The van der Waals surface area contributed by atoms with E-state index in [1.165, 1.54) is 10.7 Å². The Bertz CT molecular complexity index is 976. The second-order valence-electron chi connectivity index (χ2n) is 6.02. The highest BCUT2D eigenvalue weighted by molar-refractivity contribution is 5.97. The van der Waals surface area contributed by atoms with E-state index < -0.39 is 6.04 Å². The molecule has 1 atom stereocenters. The number of carbonyl (C=O) groups is 1. The number of aromatic nitrogens is 2. The van der Waals surface area contributed by atoms with Crippen molar-refractivity contribution in [3.8, 4) is 11.5 Å². The maximum atomic E-state index is 13.0. The third-order valence-corrected chi connectivity index (χ3v) is 4.48. The van der Waals surface area contributed by atoms with Gasteiger partial charge in [0.25, 0.3) is 11.5 Å². The van der Waals surface area contributed by atoms with E-state index in [4.69, 9.17) is 4.42 Å². The van der Waals surface area contributed by atoms with Gasteiger partial charge >= 0.3 is 0 Å². The van der Waals surface area contributed by atoms with Crippen LogP contribution in [0.4, 0.5) is 5.69 Å². The molecule has 6 heteroatoms. The van der Waals surface area contributed by atoms with Crippen LogP contribution in [0.3, 0.4) is 0 Å². The SMILES string of the molecule is CC(C(=O)N1CCc2ccccc21)n1nc(-c2ccco2)ccc1=O. The van der Waals surface area contributed by atoms with Gasteiger partial charge in [0.1, 0.15) is 11.7 Å². The molecule has 6 nitrogen and oxygen atoms in total. The van der Waals surface area contributed by atoms with Gasteiger partial charge in [-0.1, -0.05) is 18.2 Å². The number of para-hydroxylation sites is 1. The van der Waals surface area contributed by atoms with Crippen LogP contribution in [0.1, 0.15) is 18.5 Å². The molecule has 126 valence electrons. The van der Waals surface area contributed by atoms with E-state index in [1.54, 1.807) is 36.3 Å². The van der Waals surface area contributed by atoms with Gasteiger partial charge in [-0.3, -0.25) is 9.59 Å². The topological polar surface area (TPSA) is 68.3 Å². The first-order chi connectivity index (χ1) is 12.1. The molecule has 1 aliphatic heterocycles. The van der Waals surface area contributed by atoms with Crippen molar-refractivity contribution in [1.29, 1.82) is 0 Å². The lowest BCUT2D eigenvalue weighted by Gasteiger charge is -2.22. The van der Waals surface area contributed by atoms with Crippen LogP contribution >= 0.6 is 0 Å². The predicted octanol–water partition coefficient (Wildman–Crippen LogP) is 2.65. The van der Waals surface area contributed by atoms with Gasteiger partial charge in [-0.05, 0) is 43.2 Å². The van der Waals surface area contributed by atoms with Crippen molar-refractivity contribution in [2.75, 3.05) is 11.4 Å². The summed E-state index contributed by atoms with van der Waals surface area (Å²) in [6.45, 7) is 2.32. The highest BCUT2D eigenvalue weighted by atomic mass is 16.3. The van der Waals surface area contributed by atoms with Gasteiger partial charge in [-0.15, -0.1) is 0 Å². The summed E-state index contributed by atoms with van der Waals surface area (Å²) in [5, 5.41) is 4.33. The third-order valence-electron chi connectivity index (χ3n) is 4.48. The van der Waals surface area contributed by atoms with Crippen LogP contribution in [0.15, 0.2) is 64.0 Å². The Balaban J connectivity index is 1.67. The molecule has 3 aromatic rings. The molecular weight excluding hydrogens is 318 g/mol. The lowest BCUT2D eigenvalue weighted by atomic mass is 10.2. The first kappa shape index (κ1) is 15.4. The number of hydrogen-bond acceptors (Lipinski definition) is 4. The maximum absolute atomic E-state index is 13.0. The maximum Gasteiger partial charge on any atom is 0.267 e. The van der Waals surface area contributed by atoms with Gasteiger partial charge in [0.2, 0.25) is 0 Å². The zero-order valence-corrected chi connectivity index (χ0v) is 13.8. The van der Waals surface area contributed by atoms with Crippen LogP contribution in [0, 0.1) is 0 Å². The third kappa shape index (κ3) is 2.65. The van der Waals surface area contributed by atoms with Crippen LogP contribution in [0.25, 0.3) is 11.5 Å². The molecule has 0 bridgehead atoms. The van der Waals surface area contributed by atoms with Crippen LogP contribution in [-0.2, 0) is 11.2 Å². The average molecular weight is 335 g/mol. The highest BCUT2D eigenvalue weighted by Crippen LogP contribution is 2.29. The van der Waals surface area contributed by atoms with E-state index in [9.17, 15) is 9.59 Å². The number of furan rings is 1. The van der Waals surface area contributed by atoms with E-state index in [-0.39, 0.29) is 11.5 Å². The van der Waals surface area contributed by atoms with E-state index in [1.807, 2.05) is 24.3 Å². The molecule has 25 heavy (non-hydrogen) atoms. The Morgan fingerprint density at radius 1 is 1.16 bits per heavy atom. The summed E-state index contributed by atoms with van der Waals surface area (Å²) < 4.78 is 6.55. The fourth-order valence-corrected chi connectivity index (χ4v) is 3.16. The van der Waals surface area contributed by atoms with Crippen molar-refractivity contribution in [2.24, 2.45) is 0 Å². The Morgan fingerprint density at radius 3 is 2.80 bits per heavy atom. The van der Waals surface area contributed by atoms with E-state index in [2.05, 4.69) is 5.10 Å². The van der Waals surface area contributed by atoms with Gasteiger partial charge in [-0.2, -0.15) is 5.10 Å². The number of carbonyl (C=O) groups excluding carboxylic acids is 1. The number of fused-ring (bicyclic) bond motifs is 1. The lowest BCUT2D eigenvalue weighted by molar-refractivity contribution is -0.121. The van der Waals surface area contributed by atoms with Crippen LogP contribution in [-0.4, -0.2) is 22.2 Å². The molecule has 1 unspecified atom stereocenters. The van der Waals surface area contributed by atoms with E-state index in [0.717, 1.165) is 17.7 Å². The van der Waals surface area contributed by atoms with Crippen molar-refractivity contribution >= 4 is 11.6 Å². The van der Waals surface area contributed by atoms with Crippen molar-refractivity contribution in [3.05, 3.63) is 70.7 Å². The average Bonchev–Trinajstić information content (AvgIpc) is 3.31. The number of nitrogens with zero attached hydrogens (tertiary/aromatic N) is 3. The molecule has 3 heterocycles. The van der Waals surface area contributed by atoms with E-state index in [0.29, 0.717) is 18.0 Å². The standard InChI is InChI=1S/C19H17N3O3/c1-13(19(24)21-11-10-14-5-2-3-6-16(14)21)22-18(23)9-8-15(20-22)17-7-4-12-25-17/h2-9,12-13H,10-11H2,1H3. The van der Waals surface area contributed by atoms with Gasteiger partial charge < -0.3 is 9.32 Å². The minimum absolute atomic E-state index is 0.142. The van der Waals surface area contributed by atoms with Crippen LogP contribution in [0.5, 0.6) is 0 Å². The number of amides is 1. The summed E-state index contributed by atoms with van der Waals surface area (Å²) in [7, 11) is 0. The van der Waals surface area contributed by atoms with E-state index >= 15 is 0 Å². The smallest absolute Gasteiger partial charge is 0.267 e. The Kier molecular flexibility index (Phi) is 3.72. The lowest BCUT2D eigenvalue weighted by Crippen LogP contribution is -2.39. The largest absolute Gasteiger partial charge is 0.463 e. The van der Waals surface area contributed by atoms with Gasteiger partial charge in [0, 0.05) is 18.3 Å². The molecule has 0 fully saturated rings. The fourth-order valence-electron chi connectivity index (χ4n) is 3.16. The molecule has 0 aliphatic carbocycles. The van der Waals surface area contributed by atoms with Crippen molar-refractivity contribution in [2.45, 2.75) is 19.4 Å². The first-order valence-corrected chi connectivity index (χ1v) is 8.18. The molecule has 1 aliphatic rings. The zero-order valence-electron chi connectivity index (χ0n) is 13.8. The molecule has 0 N–H and O–H groups in total. The van der Waals surface area contributed by atoms with Gasteiger partial charge in [-0.25, -0.2) is 4.68 Å². The monoisotopic (exact) mass is 335 g/mol. The van der Waals surface area contributed by atoms with Crippen LogP contribution in [0.2, 0.25) is 0 Å². The highest BCUT2D eigenvalue weighted by Gasteiger charge is 2.29. The summed E-state index contributed by atoms with van der Waals surface area (Å²) in [5.74, 6) is 0.413. The van der Waals surface area contributed by atoms with Gasteiger partial charge in [0.15, 0.2) is 5.76 Å².